The molecule has 2 unspecified atom stereocenters. The lowest BCUT2D eigenvalue weighted by Crippen LogP contribution is -2.29. The Morgan fingerprint density at radius 2 is 1.35 bits per heavy atom. The maximum atomic E-state index is 11.2. The van der Waals surface area contributed by atoms with Crippen molar-refractivity contribution in [2.45, 2.75) is 37.9 Å². The molecule has 0 fully saturated rings. The molecule has 10 nitrogen and oxygen atoms in total. The fourth-order valence-corrected chi connectivity index (χ4v) is 5.33. The van der Waals surface area contributed by atoms with E-state index in [0.717, 1.165) is 0 Å². The van der Waals surface area contributed by atoms with E-state index < -0.39 is 24.1 Å². The topological polar surface area (TPSA) is 160 Å². The van der Waals surface area contributed by atoms with Crippen LogP contribution in [0, 0.1) is 0 Å². The molecule has 0 radical (unpaired) electrons. The third-order valence-electron chi connectivity index (χ3n) is 6.33. The number of fused-ring (bicyclic) bond motifs is 1. The number of hydrogen-bond acceptors (Lipinski definition) is 8. The molecule has 0 aliphatic carbocycles. The van der Waals surface area contributed by atoms with Gasteiger partial charge in [-0.2, -0.15) is 0 Å². The van der Waals surface area contributed by atoms with Crippen molar-refractivity contribution in [1.29, 1.82) is 0 Å². The van der Waals surface area contributed by atoms with Gasteiger partial charge in [0.05, 0.1) is 51.1 Å². The first-order valence-corrected chi connectivity index (χ1v) is 14.4. The van der Waals surface area contributed by atoms with Gasteiger partial charge in [-0.3, -0.25) is 4.79 Å². The lowest BCUT2D eigenvalue weighted by molar-refractivity contribution is -0.136. The van der Waals surface area contributed by atoms with Crippen molar-refractivity contribution in [2.24, 2.45) is 0 Å². The van der Waals surface area contributed by atoms with Crippen LogP contribution in [0.25, 0.3) is 22.6 Å². The summed E-state index contributed by atoms with van der Waals surface area (Å²) in [6.07, 6.45) is -2.00. The van der Waals surface area contributed by atoms with Gasteiger partial charge in [0.2, 0.25) is 5.89 Å². The molecule has 4 N–H and O–H groups in total. The standard InChI is InChI=1S/C29H25Cl4NO9/c30-17-9-14(1-4-25(37)38)10-18(31)26(17)41-7-5-22(35)23(36)6-8-42-27-19(32)11-16(12-20(27)33)28-34-21-3-2-15(29(39)40)13-24(21)43-28/h2-3,9-13,22-23,35-36H,1,4-8H2,(H,37,38)(H,39,40). The maximum Gasteiger partial charge on any atom is 0.335 e. The third-order valence-corrected chi connectivity index (χ3v) is 7.45. The van der Waals surface area contributed by atoms with Gasteiger partial charge in [-0.05, 0) is 54.4 Å². The summed E-state index contributed by atoms with van der Waals surface area (Å²) in [5.41, 5.74) is 1.91. The van der Waals surface area contributed by atoms with Crippen molar-refractivity contribution in [3.05, 3.63) is 73.7 Å². The van der Waals surface area contributed by atoms with Crippen LogP contribution in [0.5, 0.6) is 11.5 Å². The number of aromatic carboxylic acids is 1. The monoisotopic (exact) mass is 671 g/mol. The average molecular weight is 673 g/mol. The van der Waals surface area contributed by atoms with E-state index in [4.69, 9.17) is 65.4 Å². The van der Waals surface area contributed by atoms with Crippen LogP contribution in [0.2, 0.25) is 20.1 Å². The number of aliphatic hydroxyl groups excluding tert-OH is 2. The molecule has 2 atom stereocenters. The van der Waals surface area contributed by atoms with Crippen LogP contribution in [0.15, 0.2) is 46.9 Å². The van der Waals surface area contributed by atoms with Crippen LogP contribution in [0.1, 0.15) is 35.2 Å². The number of halogens is 4. The number of rotatable bonds is 14. The minimum Gasteiger partial charge on any atom is -0.490 e. The Morgan fingerprint density at radius 3 is 1.86 bits per heavy atom. The molecule has 14 heteroatoms. The number of carbonyl (C=O) groups is 2. The first-order chi connectivity index (χ1) is 20.4. The Morgan fingerprint density at radius 1 is 0.814 bits per heavy atom. The Hall–Kier alpha value is -3.25. The normalized spacial score (nSPS) is 12.7. The van der Waals surface area contributed by atoms with Gasteiger partial charge in [0.25, 0.3) is 0 Å². The zero-order chi connectivity index (χ0) is 31.3. The van der Waals surface area contributed by atoms with Crippen LogP contribution in [0.3, 0.4) is 0 Å². The number of ether oxygens (including phenoxy) is 2. The largest absolute Gasteiger partial charge is 0.490 e. The average Bonchev–Trinajstić information content (AvgIpc) is 3.38. The molecule has 0 amide bonds. The maximum absolute atomic E-state index is 11.2. The summed E-state index contributed by atoms with van der Waals surface area (Å²) >= 11 is 25.2. The highest BCUT2D eigenvalue weighted by atomic mass is 35.5. The summed E-state index contributed by atoms with van der Waals surface area (Å²) in [5.74, 6) is -1.48. The van der Waals surface area contributed by atoms with E-state index in [1.54, 1.807) is 12.1 Å². The second-order valence-corrected chi connectivity index (χ2v) is 11.1. The van der Waals surface area contributed by atoms with Crippen LogP contribution in [-0.4, -0.2) is 62.8 Å². The predicted molar refractivity (Wildman–Crippen MR) is 161 cm³/mol. The van der Waals surface area contributed by atoms with Gasteiger partial charge in [0.15, 0.2) is 17.1 Å². The molecule has 1 heterocycles. The number of aryl methyl sites for hydroxylation is 1. The van der Waals surface area contributed by atoms with Gasteiger partial charge in [-0.15, -0.1) is 0 Å². The first-order valence-electron chi connectivity index (χ1n) is 12.9. The molecule has 0 aliphatic rings. The molecule has 3 aromatic carbocycles. The fraction of sp³-hybridized carbons (Fsp3) is 0.276. The summed E-state index contributed by atoms with van der Waals surface area (Å²) in [6.45, 7) is -0.0201. The number of aliphatic carboxylic acids is 1. The molecule has 0 bridgehead atoms. The Balaban J connectivity index is 1.28. The van der Waals surface area contributed by atoms with Gasteiger partial charge >= 0.3 is 11.9 Å². The third kappa shape index (κ3) is 8.44. The molecule has 4 aromatic rings. The molecular formula is C29H25Cl4NO9. The summed E-state index contributed by atoms with van der Waals surface area (Å²) < 4.78 is 17.0. The molecule has 0 saturated carbocycles. The smallest absolute Gasteiger partial charge is 0.335 e. The van der Waals surface area contributed by atoms with Crippen LogP contribution < -0.4 is 9.47 Å². The van der Waals surface area contributed by atoms with Crippen molar-refractivity contribution in [1.82, 2.24) is 4.98 Å². The van der Waals surface area contributed by atoms with Crippen molar-refractivity contribution in [3.8, 4) is 23.0 Å². The number of carboxylic acid groups (broad SMARTS) is 2. The lowest BCUT2D eigenvalue weighted by atomic mass is 10.1. The molecule has 1 aromatic heterocycles. The van der Waals surface area contributed by atoms with E-state index in [-0.39, 0.29) is 87.5 Å². The molecule has 0 aliphatic heterocycles. The van der Waals surface area contributed by atoms with Crippen molar-refractivity contribution in [2.75, 3.05) is 13.2 Å². The second kappa shape index (κ2) is 14.5. The first kappa shape index (κ1) is 32.7. The Kier molecular flexibility index (Phi) is 11.0. The van der Waals surface area contributed by atoms with Crippen LogP contribution >= 0.6 is 46.4 Å². The van der Waals surface area contributed by atoms with Gasteiger partial charge in [0, 0.05) is 24.8 Å². The fourth-order valence-electron chi connectivity index (χ4n) is 4.10. The predicted octanol–water partition coefficient (Wildman–Crippen LogP) is 6.78. The SMILES string of the molecule is O=C(O)CCc1cc(Cl)c(OCCC(O)C(O)CCOc2c(Cl)cc(-c3nc4ccc(C(=O)O)cc4o3)cc2Cl)c(Cl)c1. The summed E-state index contributed by atoms with van der Waals surface area (Å²) in [7, 11) is 0. The van der Waals surface area contributed by atoms with E-state index in [9.17, 15) is 24.9 Å². The van der Waals surface area contributed by atoms with Crippen LogP contribution in [0.4, 0.5) is 0 Å². The number of hydrogen-bond donors (Lipinski definition) is 4. The Bertz CT molecular complexity index is 1600. The summed E-state index contributed by atoms with van der Waals surface area (Å²) in [4.78, 5) is 26.3. The summed E-state index contributed by atoms with van der Waals surface area (Å²) in [5, 5.41) is 39.5. The zero-order valence-corrected chi connectivity index (χ0v) is 25.3. The zero-order valence-electron chi connectivity index (χ0n) is 22.2. The van der Waals surface area contributed by atoms with Gasteiger partial charge < -0.3 is 34.3 Å². The summed E-state index contributed by atoms with van der Waals surface area (Å²) in [6, 6.07) is 10.5. The van der Waals surface area contributed by atoms with Gasteiger partial charge in [0.1, 0.15) is 5.52 Å². The highest BCUT2D eigenvalue weighted by Gasteiger charge is 2.20. The number of aliphatic hydroxyl groups is 2. The van der Waals surface area contributed by atoms with Crippen molar-refractivity contribution >= 4 is 69.4 Å². The highest BCUT2D eigenvalue weighted by molar-refractivity contribution is 6.38. The van der Waals surface area contributed by atoms with E-state index >= 15 is 0 Å². The number of nitrogens with zero attached hydrogens (tertiary/aromatic N) is 1. The minimum absolute atomic E-state index is 0.000436. The van der Waals surface area contributed by atoms with Crippen molar-refractivity contribution in [3.63, 3.8) is 0 Å². The van der Waals surface area contributed by atoms with E-state index in [1.165, 1.54) is 30.3 Å². The van der Waals surface area contributed by atoms with E-state index in [1.807, 2.05) is 0 Å². The molecule has 43 heavy (non-hydrogen) atoms. The lowest BCUT2D eigenvalue weighted by Gasteiger charge is -2.19. The number of benzene rings is 3. The molecule has 228 valence electrons. The quantitative estimate of drug-likeness (QED) is 0.112. The number of aromatic nitrogens is 1. The van der Waals surface area contributed by atoms with E-state index in [2.05, 4.69) is 4.98 Å². The number of oxazole rings is 1. The molecule has 0 spiro atoms. The van der Waals surface area contributed by atoms with Crippen LogP contribution in [-0.2, 0) is 11.2 Å². The Labute approximate surface area is 265 Å². The second-order valence-electron chi connectivity index (χ2n) is 9.47. The number of carboxylic acids is 2. The van der Waals surface area contributed by atoms with Gasteiger partial charge in [-0.25, -0.2) is 9.78 Å². The molecule has 0 saturated heterocycles. The van der Waals surface area contributed by atoms with Gasteiger partial charge in [-0.1, -0.05) is 46.4 Å². The molecule has 4 rings (SSSR count). The highest BCUT2D eigenvalue weighted by Crippen LogP contribution is 2.38. The van der Waals surface area contributed by atoms with E-state index in [0.29, 0.717) is 16.6 Å². The minimum atomic E-state index is -1.15. The van der Waals surface area contributed by atoms with Crippen molar-refractivity contribution < 1.29 is 43.9 Å². The molecular weight excluding hydrogens is 648 g/mol.